The number of carbonyl (C=O) groups is 1. The molecule has 0 radical (unpaired) electrons. The van der Waals surface area contributed by atoms with Crippen molar-refractivity contribution in [1.29, 1.82) is 0 Å². The number of methoxy groups -OCH3 is 1. The third-order valence-electron chi connectivity index (χ3n) is 0.385. The van der Waals surface area contributed by atoms with Crippen LogP contribution < -0.4 is 0 Å². The minimum absolute atomic E-state index is 0.870. The molecule has 2 N–H and O–H groups in total. The van der Waals surface area contributed by atoms with Crippen LogP contribution in [0.4, 0.5) is 4.79 Å². The van der Waals surface area contributed by atoms with Gasteiger partial charge >= 0.3 is 16.6 Å². The average molecular weight is 188 g/mol. The molecule has 0 fully saturated rings. The summed E-state index contributed by atoms with van der Waals surface area (Å²) in [4.78, 5) is 9.15. The smallest absolute Gasteiger partial charge is 0.450 e. The molecule has 68 valence electrons. The Balaban J connectivity index is 0. The molecule has 0 spiro atoms. The number of ether oxygens (including phenoxy) is 1. The minimum atomic E-state index is -4.16. The monoisotopic (exact) mass is 188 g/mol. The summed E-state index contributed by atoms with van der Waals surface area (Å²) in [5.41, 5.74) is 0. The van der Waals surface area contributed by atoms with Crippen LogP contribution in [-0.4, -0.2) is 38.5 Å². The van der Waals surface area contributed by atoms with Gasteiger partial charge in [0.15, 0.2) is 0 Å². The lowest BCUT2D eigenvalue weighted by Gasteiger charge is -1.82. The highest BCUT2D eigenvalue weighted by Crippen LogP contribution is 1.74. The molecule has 0 aromatic heterocycles. The molecule has 0 aliphatic carbocycles. The lowest BCUT2D eigenvalue weighted by Crippen LogP contribution is -1.96. The van der Waals surface area contributed by atoms with Crippen molar-refractivity contribution in [3.8, 4) is 0 Å². The van der Waals surface area contributed by atoms with Gasteiger partial charge in [0.1, 0.15) is 0 Å². The molecule has 0 heterocycles. The molecule has 8 heteroatoms. The Morgan fingerprint density at radius 1 is 1.36 bits per heavy atom. The summed E-state index contributed by atoms with van der Waals surface area (Å²) < 4.78 is 33.4. The largest absolute Gasteiger partial charge is 0.505 e. The normalized spacial score (nSPS) is 9.36. The zero-order valence-electron chi connectivity index (χ0n) is 5.84. The first-order chi connectivity index (χ1) is 4.83. The number of hydrogen-bond donors (Lipinski definition) is 2. The highest BCUT2D eigenvalue weighted by molar-refractivity contribution is 7.80. The SMILES string of the molecule is COC(=O)O.COS(=O)(=O)O. The van der Waals surface area contributed by atoms with E-state index in [2.05, 4.69) is 8.92 Å². The topological polar surface area (TPSA) is 110 Å². The molecular weight excluding hydrogens is 180 g/mol. The van der Waals surface area contributed by atoms with Crippen LogP contribution >= 0.6 is 0 Å². The Hall–Kier alpha value is -0.860. The lowest BCUT2D eigenvalue weighted by atomic mass is 11.4. The summed E-state index contributed by atoms with van der Waals surface area (Å²) in [6.45, 7) is 0. The van der Waals surface area contributed by atoms with E-state index in [1.54, 1.807) is 0 Å². The molecule has 0 unspecified atom stereocenters. The molecule has 0 saturated heterocycles. The second kappa shape index (κ2) is 5.89. The van der Waals surface area contributed by atoms with E-state index in [9.17, 15) is 8.42 Å². The minimum Gasteiger partial charge on any atom is -0.450 e. The Kier molecular flexibility index (Phi) is 6.85. The highest BCUT2D eigenvalue weighted by atomic mass is 32.3. The maximum absolute atomic E-state index is 9.33. The zero-order valence-corrected chi connectivity index (χ0v) is 6.66. The first-order valence-electron chi connectivity index (χ1n) is 2.13. The summed E-state index contributed by atoms with van der Waals surface area (Å²) >= 11 is 0. The van der Waals surface area contributed by atoms with E-state index in [1.165, 1.54) is 0 Å². The molecular formula is C3H8O7S. The molecule has 0 aromatic carbocycles. The van der Waals surface area contributed by atoms with Crippen LogP contribution in [0.15, 0.2) is 0 Å². The molecule has 7 nitrogen and oxygen atoms in total. The number of rotatable bonds is 1. The predicted molar refractivity (Wildman–Crippen MR) is 33.6 cm³/mol. The molecule has 0 saturated carbocycles. The van der Waals surface area contributed by atoms with E-state index in [0.29, 0.717) is 0 Å². The summed E-state index contributed by atoms with van der Waals surface area (Å²) in [7, 11) is -2.19. The Labute approximate surface area is 63.5 Å². The van der Waals surface area contributed by atoms with Crippen LogP contribution in [0.2, 0.25) is 0 Å². The van der Waals surface area contributed by atoms with Gasteiger partial charge in [0.25, 0.3) is 0 Å². The van der Waals surface area contributed by atoms with E-state index in [0.717, 1.165) is 14.2 Å². The van der Waals surface area contributed by atoms with Crippen LogP contribution in [0.5, 0.6) is 0 Å². The van der Waals surface area contributed by atoms with Crippen molar-refractivity contribution in [2.75, 3.05) is 14.2 Å². The van der Waals surface area contributed by atoms with Crippen LogP contribution in [0.25, 0.3) is 0 Å². The first-order valence-corrected chi connectivity index (χ1v) is 3.50. The summed E-state index contributed by atoms with van der Waals surface area (Å²) in [6, 6.07) is 0. The maximum atomic E-state index is 9.33. The van der Waals surface area contributed by atoms with Gasteiger partial charge in [-0.3, -0.25) is 8.74 Å². The van der Waals surface area contributed by atoms with Crippen molar-refractivity contribution in [2.45, 2.75) is 0 Å². The van der Waals surface area contributed by atoms with Crippen LogP contribution in [0.3, 0.4) is 0 Å². The van der Waals surface area contributed by atoms with Crippen LogP contribution in [0.1, 0.15) is 0 Å². The Bertz CT molecular complexity index is 192. The molecule has 0 aliphatic heterocycles. The van der Waals surface area contributed by atoms with E-state index < -0.39 is 16.6 Å². The van der Waals surface area contributed by atoms with Crippen LogP contribution in [0, 0.1) is 0 Å². The fourth-order valence-electron chi connectivity index (χ4n) is 0. The van der Waals surface area contributed by atoms with Gasteiger partial charge in [0.2, 0.25) is 0 Å². The quantitative estimate of drug-likeness (QED) is 0.431. The number of carboxylic acid groups (broad SMARTS) is 1. The molecule has 0 amide bonds. The third-order valence-corrected chi connectivity index (χ3v) is 0.806. The van der Waals surface area contributed by atoms with E-state index >= 15 is 0 Å². The predicted octanol–water partition coefficient (Wildman–Crippen LogP) is -0.254. The molecule has 11 heavy (non-hydrogen) atoms. The third kappa shape index (κ3) is 27.2. The van der Waals surface area contributed by atoms with E-state index in [1.807, 2.05) is 0 Å². The maximum Gasteiger partial charge on any atom is 0.505 e. The van der Waals surface area contributed by atoms with Gasteiger partial charge in [-0.05, 0) is 0 Å². The van der Waals surface area contributed by atoms with Gasteiger partial charge in [0.05, 0.1) is 14.2 Å². The summed E-state index contributed by atoms with van der Waals surface area (Å²) in [6.07, 6.45) is -1.25. The highest BCUT2D eigenvalue weighted by Gasteiger charge is 1.94. The van der Waals surface area contributed by atoms with Crippen LogP contribution in [-0.2, 0) is 19.3 Å². The zero-order chi connectivity index (χ0) is 9.49. The Morgan fingerprint density at radius 3 is 1.55 bits per heavy atom. The second-order valence-corrected chi connectivity index (χ2v) is 2.25. The van der Waals surface area contributed by atoms with Crippen molar-refractivity contribution < 1.29 is 31.8 Å². The fourth-order valence-corrected chi connectivity index (χ4v) is 0. The summed E-state index contributed by atoms with van der Waals surface area (Å²) in [5.74, 6) is 0. The van der Waals surface area contributed by atoms with Gasteiger partial charge in [-0.15, -0.1) is 0 Å². The fraction of sp³-hybridized carbons (Fsp3) is 0.667. The molecule has 0 bridgehead atoms. The average Bonchev–Trinajstić information content (AvgIpc) is 1.88. The van der Waals surface area contributed by atoms with E-state index in [4.69, 9.17) is 14.5 Å². The van der Waals surface area contributed by atoms with Gasteiger partial charge in [0, 0.05) is 0 Å². The first kappa shape index (κ1) is 12.8. The number of hydrogen-bond acceptors (Lipinski definition) is 5. The Morgan fingerprint density at radius 2 is 1.55 bits per heavy atom. The van der Waals surface area contributed by atoms with Crippen molar-refractivity contribution in [3.63, 3.8) is 0 Å². The molecule has 0 aliphatic rings. The molecule has 0 atom stereocenters. The lowest BCUT2D eigenvalue weighted by molar-refractivity contribution is 0.114. The van der Waals surface area contributed by atoms with Gasteiger partial charge in [-0.1, -0.05) is 0 Å². The second-order valence-electron chi connectivity index (χ2n) is 1.06. The van der Waals surface area contributed by atoms with E-state index in [-0.39, 0.29) is 0 Å². The molecule has 0 aromatic rings. The standard InChI is InChI=1S/C2H4O3.CH4O4S/c1-5-2(3)4;1-5-6(2,3)4/h1H3,(H,3,4);1H3,(H,2,3,4). The van der Waals surface area contributed by atoms with Crippen molar-refractivity contribution >= 4 is 16.6 Å². The van der Waals surface area contributed by atoms with Gasteiger partial charge < -0.3 is 9.84 Å². The van der Waals surface area contributed by atoms with Crippen molar-refractivity contribution in [1.82, 2.24) is 0 Å². The summed E-state index contributed by atoms with van der Waals surface area (Å²) in [5, 5.41) is 7.50. The van der Waals surface area contributed by atoms with Gasteiger partial charge in [-0.2, -0.15) is 8.42 Å². The van der Waals surface area contributed by atoms with Crippen molar-refractivity contribution in [3.05, 3.63) is 0 Å². The molecule has 0 rings (SSSR count). The van der Waals surface area contributed by atoms with Gasteiger partial charge in [-0.25, -0.2) is 4.79 Å². The van der Waals surface area contributed by atoms with Crippen molar-refractivity contribution in [2.24, 2.45) is 0 Å².